The van der Waals surface area contributed by atoms with Crippen LogP contribution in [-0.2, 0) is 0 Å². The van der Waals surface area contributed by atoms with E-state index in [1.165, 1.54) is 38.5 Å². The third kappa shape index (κ3) is 3.05. The van der Waals surface area contributed by atoms with E-state index >= 15 is 0 Å². The van der Waals surface area contributed by atoms with Crippen LogP contribution in [0.1, 0.15) is 50.3 Å². The largest absolute Gasteiger partial charge is 0.459 e. The highest BCUT2D eigenvalue weighted by molar-refractivity contribution is 5.77. The maximum absolute atomic E-state index is 5.96. The smallest absolute Gasteiger partial charge is 0.134 e. The lowest BCUT2D eigenvalue weighted by Gasteiger charge is -2.22. The average molecular weight is 272 g/mol. The van der Waals surface area contributed by atoms with Crippen molar-refractivity contribution in [3.63, 3.8) is 0 Å². The van der Waals surface area contributed by atoms with Crippen molar-refractivity contribution in [3.8, 4) is 0 Å². The Morgan fingerprint density at radius 2 is 1.90 bits per heavy atom. The zero-order valence-electron chi connectivity index (χ0n) is 12.0. The lowest BCUT2D eigenvalue weighted by molar-refractivity contribution is 0.362. The molecule has 0 radical (unpaired) electrons. The van der Waals surface area contributed by atoms with Crippen molar-refractivity contribution in [1.82, 2.24) is 5.32 Å². The number of furan rings is 1. The molecule has 0 bridgehead atoms. The van der Waals surface area contributed by atoms with E-state index in [0.717, 1.165) is 16.7 Å². The summed E-state index contributed by atoms with van der Waals surface area (Å²) in [7, 11) is 0. The molecule has 0 spiro atoms. The zero-order valence-corrected chi connectivity index (χ0v) is 12.0. The molecule has 0 saturated heterocycles. The first-order chi connectivity index (χ1) is 9.86. The molecule has 1 aromatic carbocycles. The van der Waals surface area contributed by atoms with Crippen LogP contribution in [0, 0.1) is 0 Å². The van der Waals surface area contributed by atoms with Crippen molar-refractivity contribution < 1.29 is 4.42 Å². The first-order valence-corrected chi connectivity index (χ1v) is 7.81. The SMILES string of the molecule is NCC(NC1CCCCCC1)c1cc2ccccc2o1. The Labute approximate surface area is 120 Å². The quantitative estimate of drug-likeness (QED) is 0.833. The molecule has 3 nitrogen and oxygen atoms in total. The molecule has 3 rings (SSSR count). The van der Waals surface area contributed by atoms with Gasteiger partial charge in [0.25, 0.3) is 0 Å². The fourth-order valence-electron chi connectivity index (χ4n) is 3.17. The van der Waals surface area contributed by atoms with Gasteiger partial charge in [-0.3, -0.25) is 0 Å². The van der Waals surface area contributed by atoms with Gasteiger partial charge in [0.2, 0.25) is 0 Å². The van der Waals surface area contributed by atoms with Crippen molar-refractivity contribution in [2.75, 3.05) is 6.54 Å². The van der Waals surface area contributed by atoms with E-state index in [4.69, 9.17) is 10.2 Å². The van der Waals surface area contributed by atoms with E-state index in [1.807, 2.05) is 18.2 Å². The summed E-state index contributed by atoms with van der Waals surface area (Å²) in [5.41, 5.74) is 6.91. The van der Waals surface area contributed by atoms with Crippen molar-refractivity contribution in [2.45, 2.75) is 50.6 Å². The average Bonchev–Trinajstić information content (AvgIpc) is 2.74. The zero-order chi connectivity index (χ0) is 13.8. The van der Waals surface area contributed by atoms with Gasteiger partial charge in [-0.2, -0.15) is 0 Å². The van der Waals surface area contributed by atoms with Crippen LogP contribution < -0.4 is 11.1 Å². The normalized spacial score (nSPS) is 19.1. The Morgan fingerprint density at radius 3 is 2.60 bits per heavy atom. The molecule has 1 aromatic heterocycles. The van der Waals surface area contributed by atoms with Gasteiger partial charge in [0.1, 0.15) is 11.3 Å². The molecule has 1 atom stereocenters. The van der Waals surface area contributed by atoms with E-state index in [9.17, 15) is 0 Å². The van der Waals surface area contributed by atoms with Crippen molar-refractivity contribution in [1.29, 1.82) is 0 Å². The fraction of sp³-hybridized carbons (Fsp3) is 0.529. The van der Waals surface area contributed by atoms with Crippen LogP contribution >= 0.6 is 0 Å². The minimum absolute atomic E-state index is 0.130. The minimum atomic E-state index is 0.130. The summed E-state index contributed by atoms with van der Waals surface area (Å²) in [6.45, 7) is 0.580. The number of nitrogens with one attached hydrogen (secondary N) is 1. The van der Waals surface area contributed by atoms with E-state index in [0.29, 0.717) is 12.6 Å². The standard InChI is InChI=1S/C17H24N2O/c18-12-15(19-14-8-3-1-2-4-9-14)17-11-13-7-5-6-10-16(13)20-17/h5-7,10-11,14-15,19H,1-4,8-9,12,18H2. The molecule has 2 aromatic rings. The number of nitrogens with two attached hydrogens (primary N) is 1. The maximum Gasteiger partial charge on any atom is 0.134 e. The van der Waals surface area contributed by atoms with Crippen LogP contribution in [0.5, 0.6) is 0 Å². The van der Waals surface area contributed by atoms with Crippen LogP contribution in [0.15, 0.2) is 34.7 Å². The molecule has 20 heavy (non-hydrogen) atoms. The van der Waals surface area contributed by atoms with Gasteiger partial charge in [-0.25, -0.2) is 0 Å². The highest BCUT2D eigenvalue weighted by Gasteiger charge is 2.20. The second-order valence-electron chi connectivity index (χ2n) is 5.83. The number of fused-ring (bicyclic) bond motifs is 1. The van der Waals surface area contributed by atoms with Crippen LogP contribution in [-0.4, -0.2) is 12.6 Å². The monoisotopic (exact) mass is 272 g/mol. The molecule has 1 fully saturated rings. The van der Waals surface area contributed by atoms with Crippen LogP contribution in [0.25, 0.3) is 11.0 Å². The van der Waals surface area contributed by atoms with Gasteiger partial charge in [0.05, 0.1) is 6.04 Å². The Balaban J connectivity index is 1.74. The first-order valence-electron chi connectivity index (χ1n) is 7.81. The summed E-state index contributed by atoms with van der Waals surface area (Å²) >= 11 is 0. The Hall–Kier alpha value is -1.32. The summed E-state index contributed by atoms with van der Waals surface area (Å²) in [4.78, 5) is 0. The number of hydrogen-bond donors (Lipinski definition) is 2. The van der Waals surface area contributed by atoms with E-state index in [-0.39, 0.29) is 6.04 Å². The molecule has 3 N–H and O–H groups in total. The van der Waals surface area contributed by atoms with Gasteiger partial charge < -0.3 is 15.5 Å². The number of hydrogen-bond acceptors (Lipinski definition) is 3. The van der Waals surface area contributed by atoms with Crippen LogP contribution in [0.4, 0.5) is 0 Å². The summed E-state index contributed by atoms with van der Waals surface area (Å²) in [6.07, 6.45) is 7.92. The summed E-state index contributed by atoms with van der Waals surface area (Å²) in [5.74, 6) is 0.970. The van der Waals surface area contributed by atoms with E-state index in [1.54, 1.807) is 0 Å². The van der Waals surface area contributed by atoms with Crippen LogP contribution in [0.3, 0.4) is 0 Å². The molecule has 1 heterocycles. The summed E-state index contributed by atoms with van der Waals surface area (Å²) in [5, 5.41) is 4.86. The second-order valence-corrected chi connectivity index (χ2v) is 5.83. The second kappa shape index (κ2) is 6.42. The highest BCUT2D eigenvalue weighted by atomic mass is 16.3. The van der Waals surface area contributed by atoms with Crippen LogP contribution in [0.2, 0.25) is 0 Å². The topological polar surface area (TPSA) is 51.2 Å². The van der Waals surface area contributed by atoms with Gasteiger partial charge in [-0.05, 0) is 25.0 Å². The predicted molar refractivity (Wildman–Crippen MR) is 82.6 cm³/mol. The maximum atomic E-state index is 5.96. The first kappa shape index (κ1) is 13.7. The summed E-state index contributed by atoms with van der Waals surface area (Å²) in [6, 6.07) is 11.0. The van der Waals surface area contributed by atoms with Crippen molar-refractivity contribution in [3.05, 3.63) is 36.1 Å². The fourth-order valence-corrected chi connectivity index (χ4v) is 3.17. The van der Waals surface area contributed by atoms with Gasteiger partial charge in [-0.15, -0.1) is 0 Å². The Kier molecular flexibility index (Phi) is 4.38. The minimum Gasteiger partial charge on any atom is -0.459 e. The third-order valence-electron chi connectivity index (χ3n) is 4.32. The highest BCUT2D eigenvalue weighted by Crippen LogP contribution is 2.25. The molecular weight excluding hydrogens is 248 g/mol. The molecule has 3 heteroatoms. The molecule has 108 valence electrons. The van der Waals surface area contributed by atoms with Crippen molar-refractivity contribution >= 4 is 11.0 Å². The van der Waals surface area contributed by atoms with Gasteiger partial charge in [-0.1, -0.05) is 43.9 Å². The molecular formula is C17H24N2O. The van der Waals surface area contributed by atoms with E-state index in [2.05, 4.69) is 17.4 Å². The molecule has 0 amide bonds. The molecule has 1 aliphatic carbocycles. The molecule has 1 saturated carbocycles. The van der Waals surface area contributed by atoms with Gasteiger partial charge >= 0.3 is 0 Å². The number of para-hydroxylation sites is 1. The predicted octanol–water partition coefficient (Wildman–Crippen LogP) is 3.75. The number of benzene rings is 1. The number of rotatable bonds is 4. The van der Waals surface area contributed by atoms with Crippen molar-refractivity contribution in [2.24, 2.45) is 5.73 Å². The van der Waals surface area contributed by atoms with E-state index < -0.39 is 0 Å². The molecule has 0 aliphatic heterocycles. The van der Waals surface area contributed by atoms with Gasteiger partial charge in [0.15, 0.2) is 0 Å². The van der Waals surface area contributed by atoms with Gasteiger partial charge in [0, 0.05) is 18.0 Å². The lowest BCUT2D eigenvalue weighted by atomic mass is 10.1. The summed E-state index contributed by atoms with van der Waals surface area (Å²) < 4.78 is 5.95. The Morgan fingerprint density at radius 1 is 1.15 bits per heavy atom. The molecule has 1 aliphatic rings. The lowest BCUT2D eigenvalue weighted by Crippen LogP contribution is -2.36. The Bertz CT molecular complexity index is 508. The molecule has 1 unspecified atom stereocenters. The third-order valence-corrected chi connectivity index (χ3v) is 4.32.